The number of aliphatic hydroxyl groups excluding tert-OH is 1. The molecular formula is C9H16O. The Balaban J connectivity index is 2.37. The summed E-state index contributed by atoms with van der Waals surface area (Å²) in [6, 6.07) is 0. The molecule has 0 radical (unpaired) electrons. The molecule has 58 valence electrons. The van der Waals surface area contributed by atoms with Crippen LogP contribution in [0.15, 0.2) is 12.2 Å². The lowest BCUT2D eigenvalue weighted by Gasteiger charge is -2.13. The predicted molar refractivity (Wildman–Crippen MR) is 42.7 cm³/mol. The van der Waals surface area contributed by atoms with Gasteiger partial charge in [-0.15, -0.1) is 0 Å². The van der Waals surface area contributed by atoms with Crippen molar-refractivity contribution in [2.24, 2.45) is 17.8 Å². The van der Waals surface area contributed by atoms with E-state index in [4.69, 9.17) is 5.11 Å². The number of hydrogen-bond acceptors (Lipinski definition) is 1. The zero-order valence-corrected chi connectivity index (χ0v) is 6.75. The van der Waals surface area contributed by atoms with Gasteiger partial charge in [0, 0.05) is 12.5 Å². The van der Waals surface area contributed by atoms with Crippen molar-refractivity contribution in [3.05, 3.63) is 12.2 Å². The van der Waals surface area contributed by atoms with Gasteiger partial charge in [-0.05, 0) is 18.3 Å². The molecular weight excluding hydrogens is 124 g/mol. The van der Waals surface area contributed by atoms with Crippen molar-refractivity contribution >= 4 is 0 Å². The fourth-order valence-electron chi connectivity index (χ4n) is 1.44. The Hall–Kier alpha value is -0.300. The van der Waals surface area contributed by atoms with E-state index in [0.29, 0.717) is 18.4 Å². The highest BCUT2D eigenvalue weighted by atomic mass is 16.3. The third kappa shape index (κ3) is 1.60. The van der Waals surface area contributed by atoms with Crippen molar-refractivity contribution in [3.8, 4) is 0 Å². The highest BCUT2D eigenvalue weighted by molar-refractivity contribution is 5.02. The van der Waals surface area contributed by atoms with Crippen LogP contribution in [-0.4, -0.2) is 11.7 Å². The lowest BCUT2D eigenvalue weighted by atomic mass is 9.93. The van der Waals surface area contributed by atoms with Gasteiger partial charge in [-0.3, -0.25) is 0 Å². The van der Waals surface area contributed by atoms with Gasteiger partial charge in [-0.25, -0.2) is 0 Å². The van der Waals surface area contributed by atoms with Gasteiger partial charge in [-0.2, -0.15) is 0 Å². The van der Waals surface area contributed by atoms with Gasteiger partial charge in [0.1, 0.15) is 0 Å². The molecule has 0 saturated carbocycles. The summed E-state index contributed by atoms with van der Waals surface area (Å²) in [7, 11) is 0. The van der Waals surface area contributed by atoms with Crippen molar-refractivity contribution in [3.63, 3.8) is 0 Å². The molecule has 1 N–H and O–H groups in total. The molecule has 2 atom stereocenters. The number of rotatable bonds is 2. The van der Waals surface area contributed by atoms with E-state index in [1.54, 1.807) is 0 Å². The molecule has 0 aromatic rings. The van der Waals surface area contributed by atoms with Crippen LogP contribution in [0.1, 0.15) is 20.3 Å². The normalized spacial score (nSPS) is 32.0. The van der Waals surface area contributed by atoms with Crippen molar-refractivity contribution in [2.45, 2.75) is 20.3 Å². The van der Waals surface area contributed by atoms with Gasteiger partial charge in [0.15, 0.2) is 0 Å². The number of aliphatic hydroxyl groups is 1. The largest absolute Gasteiger partial charge is 0.396 e. The zero-order chi connectivity index (χ0) is 7.56. The first-order chi connectivity index (χ1) is 4.74. The van der Waals surface area contributed by atoms with Crippen molar-refractivity contribution in [1.82, 2.24) is 0 Å². The molecule has 0 aliphatic heterocycles. The van der Waals surface area contributed by atoms with Crippen molar-refractivity contribution in [2.75, 3.05) is 6.61 Å². The Bertz CT molecular complexity index is 127. The van der Waals surface area contributed by atoms with Crippen LogP contribution in [0.3, 0.4) is 0 Å². The quantitative estimate of drug-likeness (QED) is 0.580. The molecule has 10 heavy (non-hydrogen) atoms. The molecule has 1 rings (SSSR count). The Morgan fingerprint density at radius 3 is 2.50 bits per heavy atom. The molecule has 1 nitrogen and oxygen atoms in total. The first kappa shape index (κ1) is 7.80. The number of allylic oxidation sites excluding steroid dienone is 1. The summed E-state index contributed by atoms with van der Waals surface area (Å²) >= 11 is 0. The highest BCUT2D eigenvalue weighted by Gasteiger charge is 2.19. The van der Waals surface area contributed by atoms with Crippen molar-refractivity contribution in [1.29, 1.82) is 0 Å². The average molecular weight is 140 g/mol. The van der Waals surface area contributed by atoms with Gasteiger partial charge in [0.2, 0.25) is 0 Å². The second-order valence-electron chi connectivity index (χ2n) is 3.47. The minimum Gasteiger partial charge on any atom is -0.396 e. The Labute approximate surface area is 62.8 Å². The van der Waals surface area contributed by atoms with Crippen LogP contribution in [0, 0.1) is 17.8 Å². The van der Waals surface area contributed by atoms with Crippen LogP contribution < -0.4 is 0 Å². The second kappa shape index (κ2) is 3.20. The first-order valence-electron chi connectivity index (χ1n) is 4.03. The third-order valence-corrected chi connectivity index (χ3v) is 2.30. The Morgan fingerprint density at radius 1 is 1.50 bits per heavy atom. The van der Waals surface area contributed by atoms with E-state index < -0.39 is 0 Å². The molecule has 0 aromatic heterocycles. The van der Waals surface area contributed by atoms with E-state index in [9.17, 15) is 0 Å². The molecule has 1 aliphatic rings. The second-order valence-corrected chi connectivity index (χ2v) is 3.47. The average Bonchev–Trinajstić information content (AvgIpc) is 2.34. The van der Waals surface area contributed by atoms with Gasteiger partial charge < -0.3 is 5.11 Å². The molecule has 0 bridgehead atoms. The SMILES string of the molecule is CC(C)C1C=CC(CO)C1. The zero-order valence-electron chi connectivity index (χ0n) is 6.75. The van der Waals surface area contributed by atoms with Crippen LogP contribution in [0.2, 0.25) is 0 Å². The fraction of sp³-hybridized carbons (Fsp3) is 0.778. The maximum absolute atomic E-state index is 8.81. The molecule has 0 aromatic carbocycles. The highest BCUT2D eigenvalue weighted by Crippen LogP contribution is 2.28. The van der Waals surface area contributed by atoms with E-state index in [-0.39, 0.29) is 0 Å². The molecule has 0 amide bonds. The summed E-state index contributed by atoms with van der Waals surface area (Å²) in [5, 5.41) is 8.81. The lowest BCUT2D eigenvalue weighted by molar-refractivity contribution is 0.237. The summed E-state index contributed by atoms with van der Waals surface area (Å²) in [6.45, 7) is 4.78. The minimum atomic E-state index is 0.319. The molecule has 0 fully saturated rings. The van der Waals surface area contributed by atoms with E-state index in [1.807, 2.05) is 0 Å². The number of hydrogen-bond donors (Lipinski definition) is 1. The Morgan fingerprint density at radius 2 is 2.20 bits per heavy atom. The topological polar surface area (TPSA) is 20.2 Å². The lowest BCUT2D eigenvalue weighted by Crippen LogP contribution is -2.06. The summed E-state index contributed by atoms with van der Waals surface area (Å²) < 4.78 is 0. The Kier molecular flexibility index (Phi) is 2.50. The minimum absolute atomic E-state index is 0.319. The summed E-state index contributed by atoms with van der Waals surface area (Å²) in [5.74, 6) is 1.87. The molecule has 2 unspecified atom stereocenters. The smallest absolute Gasteiger partial charge is 0.0494 e. The monoisotopic (exact) mass is 140 g/mol. The predicted octanol–water partition coefficient (Wildman–Crippen LogP) is 1.83. The van der Waals surface area contributed by atoms with E-state index in [1.165, 1.54) is 0 Å². The standard InChI is InChI=1S/C9H16O/c1-7(2)9-4-3-8(5-9)6-10/h3-4,7-10H,5-6H2,1-2H3. The molecule has 1 heteroatoms. The van der Waals surface area contributed by atoms with Crippen LogP contribution in [0.4, 0.5) is 0 Å². The van der Waals surface area contributed by atoms with Gasteiger partial charge in [0.25, 0.3) is 0 Å². The maximum atomic E-state index is 8.81. The molecule has 1 aliphatic carbocycles. The fourth-order valence-corrected chi connectivity index (χ4v) is 1.44. The molecule has 0 saturated heterocycles. The van der Waals surface area contributed by atoms with Crippen LogP contribution >= 0.6 is 0 Å². The van der Waals surface area contributed by atoms with Gasteiger partial charge in [0.05, 0.1) is 0 Å². The van der Waals surface area contributed by atoms with E-state index in [0.717, 1.165) is 12.3 Å². The van der Waals surface area contributed by atoms with Gasteiger partial charge in [-0.1, -0.05) is 26.0 Å². The summed E-state index contributed by atoms with van der Waals surface area (Å²) in [4.78, 5) is 0. The van der Waals surface area contributed by atoms with Crippen LogP contribution in [0.25, 0.3) is 0 Å². The van der Waals surface area contributed by atoms with E-state index in [2.05, 4.69) is 26.0 Å². The molecule has 0 heterocycles. The maximum Gasteiger partial charge on any atom is 0.0494 e. The van der Waals surface area contributed by atoms with E-state index >= 15 is 0 Å². The van der Waals surface area contributed by atoms with Crippen LogP contribution in [-0.2, 0) is 0 Å². The third-order valence-electron chi connectivity index (χ3n) is 2.30. The van der Waals surface area contributed by atoms with Crippen molar-refractivity contribution < 1.29 is 5.11 Å². The molecule has 0 spiro atoms. The summed E-state index contributed by atoms with van der Waals surface area (Å²) in [6.07, 6.45) is 5.53. The van der Waals surface area contributed by atoms with Gasteiger partial charge >= 0.3 is 0 Å². The first-order valence-corrected chi connectivity index (χ1v) is 4.03. The summed E-state index contributed by atoms with van der Waals surface area (Å²) in [5.41, 5.74) is 0. The van der Waals surface area contributed by atoms with Crippen LogP contribution in [0.5, 0.6) is 0 Å².